The molecule has 2 heterocycles. The highest BCUT2D eigenvalue weighted by Gasteiger charge is 2.11. The van der Waals surface area contributed by atoms with Crippen LogP contribution in [0, 0.1) is 5.82 Å². The van der Waals surface area contributed by atoms with Gasteiger partial charge in [0.2, 0.25) is 0 Å². The molecule has 5 nitrogen and oxygen atoms in total. The molecular weight excluding hydrogens is 329 g/mol. The van der Waals surface area contributed by atoms with Gasteiger partial charge < -0.3 is 4.74 Å². The predicted molar refractivity (Wildman–Crippen MR) is 90.5 cm³/mol. The van der Waals surface area contributed by atoms with E-state index in [0.29, 0.717) is 5.69 Å². The Morgan fingerprint density at radius 3 is 2.71 bits per heavy atom. The van der Waals surface area contributed by atoms with Crippen LogP contribution >= 0.6 is 11.3 Å². The summed E-state index contributed by atoms with van der Waals surface area (Å²) in [6, 6.07) is 9.08. The minimum Gasteiger partial charge on any atom is -0.375 e. The molecule has 7 heteroatoms. The van der Waals surface area contributed by atoms with Gasteiger partial charge in [0.15, 0.2) is 0 Å². The lowest BCUT2D eigenvalue weighted by atomic mass is 10.1. The smallest absolute Gasteiger partial charge is 0.267 e. The summed E-state index contributed by atoms with van der Waals surface area (Å²) in [7, 11) is 1.63. The molecule has 0 fully saturated rings. The number of methoxy groups -OCH3 is 1. The molecule has 0 amide bonds. The lowest BCUT2D eigenvalue weighted by Gasteiger charge is -2.06. The summed E-state index contributed by atoms with van der Waals surface area (Å²) in [5, 5.41) is 7.11. The van der Waals surface area contributed by atoms with E-state index in [9.17, 15) is 9.18 Å². The Bertz CT molecular complexity index is 889. The van der Waals surface area contributed by atoms with Crippen LogP contribution in [0.2, 0.25) is 0 Å². The molecule has 1 unspecified atom stereocenters. The first-order chi connectivity index (χ1) is 11.6. The highest BCUT2D eigenvalue weighted by molar-refractivity contribution is 7.09. The van der Waals surface area contributed by atoms with Crippen LogP contribution in [0.25, 0.3) is 11.3 Å². The van der Waals surface area contributed by atoms with Crippen molar-refractivity contribution >= 4 is 11.3 Å². The molecule has 2 aromatic heterocycles. The number of hydrogen-bond donors (Lipinski definition) is 0. The number of benzene rings is 1. The minimum absolute atomic E-state index is 0.0843. The van der Waals surface area contributed by atoms with Gasteiger partial charge in [-0.05, 0) is 37.3 Å². The normalized spacial score (nSPS) is 12.3. The molecule has 0 aliphatic rings. The Kier molecular flexibility index (Phi) is 4.82. The average Bonchev–Trinajstić information content (AvgIpc) is 3.05. The summed E-state index contributed by atoms with van der Waals surface area (Å²) >= 11 is 1.49. The fraction of sp³-hybridized carbons (Fsp3) is 0.235. The second-order valence-corrected chi connectivity index (χ2v) is 6.17. The van der Waals surface area contributed by atoms with Gasteiger partial charge in [0, 0.05) is 24.1 Å². The van der Waals surface area contributed by atoms with Crippen LogP contribution < -0.4 is 5.56 Å². The first-order valence-electron chi connectivity index (χ1n) is 7.38. The third-order valence-electron chi connectivity index (χ3n) is 3.59. The fourth-order valence-electron chi connectivity index (χ4n) is 2.17. The summed E-state index contributed by atoms with van der Waals surface area (Å²) < 4.78 is 19.6. The molecule has 3 aromatic rings. The maximum atomic E-state index is 13.0. The second kappa shape index (κ2) is 7.02. The second-order valence-electron chi connectivity index (χ2n) is 5.28. The van der Waals surface area contributed by atoms with Crippen LogP contribution in [0.1, 0.15) is 23.7 Å². The molecule has 0 aliphatic carbocycles. The summed E-state index contributed by atoms with van der Waals surface area (Å²) in [6.07, 6.45) is -0.0843. The van der Waals surface area contributed by atoms with E-state index in [4.69, 9.17) is 4.74 Å². The lowest BCUT2D eigenvalue weighted by Crippen LogP contribution is -2.23. The van der Waals surface area contributed by atoms with E-state index in [1.54, 1.807) is 25.3 Å². The molecule has 24 heavy (non-hydrogen) atoms. The van der Waals surface area contributed by atoms with Gasteiger partial charge in [-0.1, -0.05) is 0 Å². The van der Waals surface area contributed by atoms with Gasteiger partial charge >= 0.3 is 0 Å². The van der Waals surface area contributed by atoms with E-state index in [1.807, 2.05) is 12.3 Å². The van der Waals surface area contributed by atoms with Crippen LogP contribution in [-0.2, 0) is 11.3 Å². The summed E-state index contributed by atoms with van der Waals surface area (Å²) in [5.74, 6) is -0.311. The molecule has 1 atom stereocenters. The molecule has 1 aromatic carbocycles. The fourth-order valence-corrected chi connectivity index (χ4v) is 3.01. The van der Waals surface area contributed by atoms with Gasteiger partial charge in [-0.2, -0.15) is 5.10 Å². The van der Waals surface area contributed by atoms with E-state index in [0.717, 1.165) is 16.3 Å². The Labute approximate surface area is 142 Å². The maximum Gasteiger partial charge on any atom is 0.267 e. The largest absolute Gasteiger partial charge is 0.375 e. The zero-order valence-corrected chi connectivity index (χ0v) is 14.1. The first kappa shape index (κ1) is 16.5. The van der Waals surface area contributed by atoms with Crippen LogP contribution in [0.5, 0.6) is 0 Å². The Morgan fingerprint density at radius 1 is 1.25 bits per heavy atom. The van der Waals surface area contributed by atoms with Gasteiger partial charge in [-0.3, -0.25) is 4.79 Å². The van der Waals surface area contributed by atoms with Crippen LogP contribution in [0.15, 0.2) is 46.6 Å². The molecule has 0 saturated heterocycles. The van der Waals surface area contributed by atoms with Crippen molar-refractivity contribution in [2.75, 3.05) is 7.11 Å². The average molecular weight is 345 g/mol. The SMILES string of the molecule is COC(C)c1nc(Cn2nc(-c3ccc(F)cc3)ccc2=O)cs1. The molecule has 0 aliphatic heterocycles. The lowest BCUT2D eigenvalue weighted by molar-refractivity contribution is 0.119. The number of thiazole rings is 1. The van der Waals surface area contributed by atoms with Gasteiger partial charge in [-0.25, -0.2) is 14.1 Å². The first-order valence-corrected chi connectivity index (χ1v) is 8.26. The topological polar surface area (TPSA) is 57.0 Å². The van der Waals surface area contributed by atoms with Gasteiger partial charge in [-0.15, -0.1) is 11.3 Å². The van der Waals surface area contributed by atoms with E-state index in [1.165, 1.54) is 34.2 Å². The molecule has 0 radical (unpaired) electrons. The molecule has 124 valence electrons. The van der Waals surface area contributed by atoms with Crippen molar-refractivity contribution in [1.29, 1.82) is 0 Å². The van der Waals surface area contributed by atoms with Gasteiger partial charge in [0.05, 0.1) is 17.9 Å². The van der Waals surface area contributed by atoms with Crippen LogP contribution in [-0.4, -0.2) is 21.9 Å². The van der Waals surface area contributed by atoms with Crippen molar-refractivity contribution in [3.05, 3.63) is 68.7 Å². The highest BCUT2D eigenvalue weighted by atomic mass is 32.1. The van der Waals surface area contributed by atoms with Crippen molar-refractivity contribution in [3.63, 3.8) is 0 Å². The quantitative estimate of drug-likeness (QED) is 0.712. The van der Waals surface area contributed by atoms with E-state index in [2.05, 4.69) is 10.1 Å². The zero-order chi connectivity index (χ0) is 17.1. The van der Waals surface area contributed by atoms with Crippen molar-refractivity contribution in [3.8, 4) is 11.3 Å². The molecule has 3 rings (SSSR count). The standard InChI is InChI=1S/C17H16FN3O2S/c1-11(23-2)17-19-14(10-24-17)9-21-16(22)8-7-15(20-21)12-3-5-13(18)6-4-12/h3-8,10-11H,9H2,1-2H3. The predicted octanol–water partition coefficient (Wildman–Crippen LogP) is 3.26. The summed E-state index contributed by atoms with van der Waals surface area (Å²) in [5.41, 5.74) is 1.90. The van der Waals surface area contributed by atoms with Gasteiger partial charge in [0.25, 0.3) is 5.56 Å². The number of halogens is 1. The molecular formula is C17H16FN3O2S. The van der Waals surface area contributed by atoms with Crippen molar-refractivity contribution in [1.82, 2.24) is 14.8 Å². The Balaban J connectivity index is 1.88. The summed E-state index contributed by atoms with van der Waals surface area (Å²) in [6.45, 7) is 2.20. The summed E-state index contributed by atoms with van der Waals surface area (Å²) in [4.78, 5) is 16.5. The zero-order valence-electron chi connectivity index (χ0n) is 13.3. The minimum atomic E-state index is -0.311. The third-order valence-corrected chi connectivity index (χ3v) is 4.64. The van der Waals surface area contributed by atoms with E-state index < -0.39 is 0 Å². The Hall–Kier alpha value is -2.38. The number of nitrogens with zero attached hydrogens (tertiary/aromatic N) is 3. The number of hydrogen-bond acceptors (Lipinski definition) is 5. The van der Waals surface area contributed by atoms with Crippen molar-refractivity contribution in [2.24, 2.45) is 0 Å². The highest BCUT2D eigenvalue weighted by Crippen LogP contribution is 2.21. The van der Waals surface area contributed by atoms with Gasteiger partial charge in [0.1, 0.15) is 16.9 Å². The molecule has 0 saturated carbocycles. The van der Waals surface area contributed by atoms with Crippen LogP contribution in [0.4, 0.5) is 4.39 Å². The maximum absolute atomic E-state index is 13.0. The van der Waals surface area contributed by atoms with E-state index in [-0.39, 0.29) is 24.0 Å². The monoisotopic (exact) mass is 345 g/mol. The Morgan fingerprint density at radius 2 is 2.00 bits per heavy atom. The van der Waals surface area contributed by atoms with Crippen molar-refractivity contribution in [2.45, 2.75) is 19.6 Å². The number of aromatic nitrogens is 3. The molecule has 0 spiro atoms. The molecule has 0 bridgehead atoms. The van der Waals surface area contributed by atoms with E-state index >= 15 is 0 Å². The number of rotatable bonds is 5. The van der Waals surface area contributed by atoms with Crippen molar-refractivity contribution < 1.29 is 9.13 Å². The van der Waals surface area contributed by atoms with Crippen LogP contribution in [0.3, 0.4) is 0 Å². The number of ether oxygens (including phenoxy) is 1. The third kappa shape index (κ3) is 3.58. The molecule has 0 N–H and O–H groups in total.